The summed E-state index contributed by atoms with van der Waals surface area (Å²) < 4.78 is 10.8. The van der Waals surface area contributed by atoms with Crippen LogP contribution in [0.2, 0.25) is 0 Å². The molecule has 150 valence electrons. The summed E-state index contributed by atoms with van der Waals surface area (Å²) in [6, 6.07) is 18.2. The fourth-order valence-electron chi connectivity index (χ4n) is 4.42. The van der Waals surface area contributed by atoms with Gasteiger partial charge >= 0.3 is 0 Å². The average Bonchev–Trinajstić information content (AvgIpc) is 3.37. The predicted octanol–water partition coefficient (Wildman–Crippen LogP) is 4.30. The van der Waals surface area contributed by atoms with Gasteiger partial charge in [0.2, 0.25) is 6.79 Å². The molecule has 1 aliphatic heterocycles. The molecule has 1 saturated carbocycles. The largest absolute Gasteiger partial charge is 0.454 e. The number of benzene rings is 2. The molecule has 2 aromatic carbocycles. The summed E-state index contributed by atoms with van der Waals surface area (Å²) >= 11 is 0. The van der Waals surface area contributed by atoms with Crippen molar-refractivity contribution in [2.75, 3.05) is 13.3 Å². The van der Waals surface area contributed by atoms with Gasteiger partial charge in [-0.15, -0.1) is 0 Å². The quantitative estimate of drug-likeness (QED) is 0.745. The van der Waals surface area contributed by atoms with Gasteiger partial charge in [0, 0.05) is 12.1 Å². The van der Waals surface area contributed by atoms with E-state index in [4.69, 9.17) is 9.47 Å². The first kappa shape index (κ1) is 19.5. The topological polar surface area (TPSA) is 65.7 Å². The Kier molecular flexibility index (Phi) is 5.57. The third kappa shape index (κ3) is 4.00. The highest BCUT2D eigenvalue weighted by Crippen LogP contribution is 2.39. The van der Waals surface area contributed by atoms with Gasteiger partial charge in [-0.25, -0.2) is 0 Å². The second-order valence-corrected chi connectivity index (χ2v) is 7.76. The molecule has 4 rings (SSSR count). The van der Waals surface area contributed by atoms with Gasteiger partial charge in [0.1, 0.15) is 0 Å². The highest BCUT2D eigenvalue weighted by atomic mass is 16.7. The molecule has 1 heterocycles. The molecule has 0 aromatic heterocycles. The lowest BCUT2D eigenvalue weighted by Crippen LogP contribution is -2.49. The van der Waals surface area contributed by atoms with Crippen molar-refractivity contribution in [3.8, 4) is 17.6 Å². The fraction of sp³-hybridized carbons (Fsp3) is 0.375. The van der Waals surface area contributed by atoms with Crippen molar-refractivity contribution in [1.82, 2.24) is 4.90 Å². The van der Waals surface area contributed by atoms with Crippen LogP contribution in [0.25, 0.3) is 6.08 Å². The van der Waals surface area contributed by atoms with Crippen LogP contribution >= 0.6 is 0 Å². The van der Waals surface area contributed by atoms with Gasteiger partial charge in [-0.1, -0.05) is 48.6 Å². The normalized spacial score (nSPS) is 24.1. The smallest absolute Gasteiger partial charge is 0.231 e. The Morgan fingerprint density at radius 1 is 1.24 bits per heavy atom. The maximum atomic E-state index is 11.5. The number of hydrogen-bond donors (Lipinski definition) is 1. The number of fused-ring (bicyclic) bond motifs is 1. The summed E-state index contributed by atoms with van der Waals surface area (Å²) in [6.07, 6.45) is 6.31. The Labute approximate surface area is 171 Å². The summed E-state index contributed by atoms with van der Waals surface area (Å²) in [4.78, 5) is 2.13. The van der Waals surface area contributed by atoms with Crippen LogP contribution in [-0.4, -0.2) is 35.0 Å². The van der Waals surface area contributed by atoms with Gasteiger partial charge in [-0.3, -0.25) is 4.90 Å². The lowest BCUT2D eigenvalue weighted by atomic mass is 9.92. The molecule has 0 amide bonds. The summed E-state index contributed by atoms with van der Waals surface area (Å²) in [5, 5.41) is 20.9. The molecule has 29 heavy (non-hydrogen) atoms. The number of aliphatic hydroxyl groups is 1. The summed E-state index contributed by atoms with van der Waals surface area (Å²) in [5.41, 5.74) is 1.13. The maximum Gasteiger partial charge on any atom is 0.231 e. The Morgan fingerprint density at radius 2 is 2.03 bits per heavy atom. The molecule has 0 unspecified atom stereocenters. The molecular formula is C24H26N2O3. The molecular weight excluding hydrogens is 364 g/mol. The van der Waals surface area contributed by atoms with Gasteiger partial charge in [0.15, 0.2) is 11.5 Å². The van der Waals surface area contributed by atoms with Crippen molar-refractivity contribution in [2.45, 2.75) is 43.9 Å². The number of nitrogens with zero attached hydrogens (tertiary/aromatic N) is 2. The van der Waals surface area contributed by atoms with Crippen LogP contribution in [0.5, 0.6) is 11.5 Å². The maximum absolute atomic E-state index is 11.5. The fourth-order valence-corrected chi connectivity index (χ4v) is 4.42. The van der Waals surface area contributed by atoms with E-state index in [1.807, 2.05) is 48.6 Å². The van der Waals surface area contributed by atoms with Gasteiger partial charge in [0.25, 0.3) is 0 Å². The number of rotatable bonds is 6. The van der Waals surface area contributed by atoms with E-state index in [1.54, 1.807) is 0 Å². The SMILES string of the molecule is C[C@@H](c1ccccc1)N(CC#N)[C@H]1CCC[C@]1(O)C=Cc1ccc2c(c1)OCO2. The van der Waals surface area contributed by atoms with Gasteiger partial charge in [0.05, 0.1) is 18.2 Å². The van der Waals surface area contributed by atoms with Gasteiger partial charge in [-0.2, -0.15) is 5.26 Å². The van der Waals surface area contributed by atoms with Crippen LogP contribution in [0.15, 0.2) is 54.6 Å². The minimum Gasteiger partial charge on any atom is -0.454 e. The Morgan fingerprint density at radius 3 is 2.83 bits per heavy atom. The van der Waals surface area contributed by atoms with E-state index in [9.17, 15) is 10.4 Å². The van der Waals surface area contributed by atoms with Crippen molar-refractivity contribution in [3.63, 3.8) is 0 Å². The molecule has 0 radical (unpaired) electrons. The molecule has 0 spiro atoms. The highest BCUT2D eigenvalue weighted by Gasteiger charge is 2.44. The average molecular weight is 390 g/mol. The van der Waals surface area contributed by atoms with Crippen molar-refractivity contribution >= 4 is 6.08 Å². The minimum atomic E-state index is -0.976. The monoisotopic (exact) mass is 390 g/mol. The number of ether oxygens (including phenoxy) is 2. The highest BCUT2D eigenvalue weighted by molar-refractivity contribution is 5.57. The van der Waals surface area contributed by atoms with E-state index < -0.39 is 5.60 Å². The van der Waals surface area contributed by atoms with E-state index in [1.165, 1.54) is 0 Å². The van der Waals surface area contributed by atoms with Crippen molar-refractivity contribution in [3.05, 3.63) is 65.7 Å². The predicted molar refractivity (Wildman–Crippen MR) is 111 cm³/mol. The summed E-state index contributed by atoms with van der Waals surface area (Å²) in [7, 11) is 0. The first-order chi connectivity index (χ1) is 14.1. The lowest BCUT2D eigenvalue weighted by molar-refractivity contribution is 0.000751. The molecule has 1 N–H and O–H groups in total. The number of nitriles is 1. The number of hydrogen-bond acceptors (Lipinski definition) is 5. The van der Waals surface area contributed by atoms with Gasteiger partial charge in [-0.05, 0) is 49.4 Å². The zero-order valence-corrected chi connectivity index (χ0v) is 16.6. The molecule has 0 saturated heterocycles. The van der Waals surface area contributed by atoms with E-state index in [0.29, 0.717) is 6.42 Å². The third-order valence-electron chi connectivity index (χ3n) is 6.03. The lowest BCUT2D eigenvalue weighted by Gasteiger charge is -2.39. The second kappa shape index (κ2) is 8.28. The van der Waals surface area contributed by atoms with E-state index in [2.05, 4.69) is 30.0 Å². The van der Waals surface area contributed by atoms with Crippen LogP contribution in [0.1, 0.15) is 43.4 Å². The zero-order chi connectivity index (χ0) is 20.3. The summed E-state index contributed by atoms with van der Waals surface area (Å²) in [5.74, 6) is 1.47. The molecule has 2 aliphatic rings. The van der Waals surface area contributed by atoms with Crippen LogP contribution in [0, 0.1) is 11.3 Å². The molecule has 3 atom stereocenters. The van der Waals surface area contributed by atoms with E-state index in [-0.39, 0.29) is 25.4 Å². The first-order valence-electron chi connectivity index (χ1n) is 10.1. The summed E-state index contributed by atoms with van der Waals surface area (Å²) in [6.45, 7) is 2.63. The van der Waals surface area contributed by atoms with Gasteiger partial charge < -0.3 is 14.6 Å². The molecule has 0 bridgehead atoms. The van der Waals surface area contributed by atoms with Crippen molar-refractivity contribution in [2.24, 2.45) is 0 Å². The minimum absolute atomic E-state index is 0.0458. The third-order valence-corrected chi connectivity index (χ3v) is 6.03. The molecule has 2 aromatic rings. The zero-order valence-electron chi connectivity index (χ0n) is 16.6. The van der Waals surface area contributed by atoms with Crippen LogP contribution < -0.4 is 9.47 Å². The van der Waals surface area contributed by atoms with Crippen molar-refractivity contribution in [1.29, 1.82) is 5.26 Å². The second-order valence-electron chi connectivity index (χ2n) is 7.76. The van der Waals surface area contributed by atoms with E-state index >= 15 is 0 Å². The van der Waals surface area contributed by atoms with E-state index in [0.717, 1.165) is 35.5 Å². The Hall–Kier alpha value is -2.81. The van der Waals surface area contributed by atoms with Crippen LogP contribution in [-0.2, 0) is 0 Å². The molecule has 5 heteroatoms. The van der Waals surface area contributed by atoms with Crippen LogP contribution in [0.3, 0.4) is 0 Å². The first-order valence-corrected chi connectivity index (χ1v) is 10.1. The Bertz CT molecular complexity index is 921. The molecule has 1 aliphatic carbocycles. The van der Waals surface area contributed by atoms with Crippen LogP contribution in [0.4, 0.5) is 0 Å². The molecule has 5 nitrogen and oxygen atoms in total. The molecule has 1 fully saturated rings. The standard InChI is InChI=1S/C24H26N2O3/c1-18(20-6-3-2-4-7-20)26(15-14-25)23-8-5-12-24(23,27)13-11-19-9-10-21-22(16-19)29-17-28-21/h2-4,6-7,9-11,13,16,18,23,27H,5,8,12,15,17H2,1H3/t18-,23-,24-/m0/s1. The van der Waals surface area contributed by atoms with Crippen molar-refractivity contribution < 1.29 is 14.6 Å². The Balaban J connectivity index is 1.58.